The van der Waals surface area contributed by atoms with Gasteiger partial charge in [0.2, 0.25) is 0 Å². The van der Waals surface area contributed by atoms with Crippen LogP contribution in [0.3, 0.4) is 0 Å². The van der Waals surface area contributed by atoms with Gasteiger partial charge in [-0.1, -0.05) is 35.0 Å². The molecule has 1 aromatic heterocycles. The highest BCUT2D eigenvalue weighted by Crippen LogP contribution is 2.23. The molecule has 1 fully saturated rings. The van der Waals surface area contributed by atoms with Crippen molar-refractivity contribution < 1.29 is 4.52 Å². The number of aromatic nitrogens is 1. The van der Waals surface area contributed by atoms with Crippen LogP contribution in [0.25, 0.3) is 11.3 Å². The van der Waals surface area contributed by atoms with Crippen LogP contribution < -0.4 is 5.73 Å². The van der Waals surface area contributed by atoms with Gasteiger partial charge in [-0.05, 0) is 26.3 Å². The van der Waals surface area contributed by atoms with Crippen molar-refractivity contribution in [3.63, 3.8) is 0 Å². The van der Waals surface area contributed by atoms with Crippen LogP contribution in [-0.2, 0) is 6.54 Å². The van der Waals surface area contributed by atoms with E-state index in [1.165, 1.54) is 18.4 Å². The van der Waals surface area contributed by atoms with Gasteiger partial charge in [-0.2, -0.15) is 0 Å². The molecule has 114 valence electrons. The summed E-state index contributed by atoms with van der Waals surface area (Å²) in [5.41, 5.74) is 9.06. The summed E-state index contributed by atoms with van der Waals surface area (Å²) in [5, 5.41) is 4.18. The van der Waals surface area contributed by atoms with Crippen LogP contribution >= 0.6 is 12.4 Å². The van der Waals surface area contributed by atoms with Crippen molar-refractivity contribution in [1.29, 1.82) is 0 Å². The van der Waals surface area contributed by atoms with E-state index in [2.05, 4.69) is 41.2 Å². The van der Waals surface area contributed by atoms with Crippen molar-refractivity contribution >= 4 is 12.4 Å². The van der Waals surface area contributed by atoms with Gasteiger partial charge in [0.1, 0.15) is 5.69 Å². The molecular weight excluding hydrogens is 286 g/mol. The second kappa shape index (κ2) is 7.07. The Kier molecular flexibility index (Phi) is 5.39. The molecule has 1 unspecified atom stereocenters. The van der Waals surface area contributed by atoms with E-state index in [1.807, 2.05) is 6.07 Å². The number of halogens is 1. The van der Waals surface area contributed by atoms with Crippen molar-refractivity contribution in [2.75, 3.05) is 13.1 Å². The molecule has 0 spiro atoms. The number of nitrogens with zero attached hydrogens (tertiary/aromatic N) is 2. The number of hydrogen-bond donors (Lipinski definition) is 1. The molecule has 4 nitrogen and oxygen atoms in total. The van der Waals surface area contributed by atoms with E-state index < -0.39 is 0 Å². The first kappa shape index (κ1) is 16.0. The molecule has 1 aliphatic rings. The van der Waals surface area contributed by atoms with Gasteiger partial charge in [0, 0.05) is 24.2 Å². The van der Waals surface area contributed by atoms with E-state index in [9.17, 15) is 0 Å². The molecule has 0 bridgehead atoms. The molecule has 3 rings (SSSR count). The molecule has 0 amide bonds. The number of nitrogens with two attached hydrogens (primary N) is 1. The Morgan fingerprint density at radius 2 is 2.10 bits per heavy atom. The fourth-order valence-corrected chi connectivity index (χ4v) is 2.82. The zero-order valence-corrected chi connectivity index (χ0v) is 13.1. The van der Waals surface area contributed by atoms with E-state index in [0.29, 0.717) is 6.04 Å². The first-order valence-electron chi connectivity index (χ1n) is 7.23. The zero-order valence-electron chi connectivity index (χ0n) is 12.3. The Morgan fingerprint density at radius 1 is 1.33 bits per heavy atom. The van der Waals surface area contributed by atoms with Crippen LogP contribution in [0.15, 0.2) is 34.9 Å². The Labute approximate surface area is 131 Å². The van der Waals surface area contributed by atoms with E-state index in [4.69, 9.17) is 10.3 Å². The summed E-state index contributed by atoms with van der Waals surface area (Å²) in [6.07, 6.45) is 2.41. The third kappa shape index (κ3) is 3.64. The number of benzene rings is 1. The maximum Gasteiger partial charge on any atom is 0.151 e. The maximum absolute atomic E-state index is 5.80. The van der Waals surface area contributed by atoms with Crippen molar-refractivity contribution in [1.82, 2.24) is 10.1 Å². The third-order valence-corrected chi connectivity index (χ3v) is 4.04. The van der Waals surface area contributed by atoms with Gasteiger partial charge >= 0.3 is 0 Å². The number of aryl methyl sites for hydroxylation is 1. The van der Waals surface area contributed by atoms with Gasteiger partial charge < -0.3 is 10.3 Å². The van der Waals surface area contributed by atoms with Gasteiger partial charge in [0.05, 0.1) is 6.54 Å². The Hall–Kier alpha value is -1.36. The molecule has 5 heteroatoms. The molecule has 0 aliphatic carbocycles. The fourth-order valence-electron chi connectivity index (χ4n) is 2.82. The minimum Gasteiger partial charge on any atom is -0.359 e. The fraction of sp³-hybridized carbons (Fsp3) is 0.438. The van der Waals surface area contributed by atoms with Crippen molar-refractivity contribution in [3.05, 3.63) is 41.7 Å². The van der Waals surface area contributed by atoms with Gasteiger partial charge in [-0.15, -0.1) is 12.4 Å². The molecular formula is C16H22ClN3O. The lowest BCUT2D eigenvalue weighted by atomic mass is 10.1. The molecule has 1 aliphatic heterocycles. The summed E-state index contributed by atoms with van der Waals surface area (Å²) in [6.45, 7) is 4.71. The summed E-state index contributed by atoms with van der Waals surface area (Å²) in [6, 6.07) is 10.9. The van der Waals surface area contributed by atoms with Gasteiger partial charge in [-0.3, -0.25) is 4.90 Å². The summed E-state index contributed by atoms with van der Waals surface area (Å²) >= 11 is 0. The Balaban J connectivity index is 0.00000161. The molecule has 2 heterocycles. The molecule has 2 aromatic rings. The maximum atomic E-state index is 5.80. The van der Waals surface area contributed by atoms with Gasteiger partial charge in [-0.25, -0.2) is 0 Å². The number of rotatable bonds is 4. The average molecular weight is 308 g/mol. The molecule has 0 saturated carbocycles. The lowest BCUT2D eigenvalue weighted by Crippen LogP contribution is -2.34. The topological polar surface area (TPSA) is 55.3 Å². The van der Waals surface area contributed by atoms with Gasteiger partial charge in [0.15, 0.2) is 5.76 Å². The zero-order chi connectivity index (χ0) is 13.9. The highest BCUT2D eigenvalue weighted by molar-refractivity contribution is 5.85. The van der Waals surface area contributed by atoms with E-state index >= 15 is 0 Å². The lowest BCUT2D eigenvalue weighted by Gasteiger charge is -2.21. The number of likely N-dealkylation sites (tertiary alicyclic amines) is 1. The summed E-state index contributed by atoms with van der Waals surface area (Å²) in [7, 11) is 0. The van der Waals surface area contributed by atoms with Crippen LogP contribution in [0.2, 0.25) is 0 Å². The lowest BCUT2D eigenvalue weighted by molar-refractivity contribution is 0.219. The van der Waals surface area contributed by atoms with Crippen LogP contribution in [0.1, 0.15) is 24.2 Å². The average Bonchev–Trinajstić information content (AvgIpc) is 3.09. The summed E-state index contributed by atoms with van der Waals surface area (Å²) < 4.78 is 5.47. The van der Waals surface area contributed by atoms with Crippen molar-refractivity contribution in [2.45, 2.75) is 32.4 Å². The molecule has 1 saturated heterocycles. The standard InChI is InChI=1S/C16H21N3O.ClH/c1-12-4-6-13(7-5-12)16-9-15(20-18-16)11-19-8-2-3-14(19)10-17;/h4-7,9,14H,2-3,8,10-11,17H2,1H3;1H. The predicted octanol–water partition coefficient (Wildman–Crippen LogP) is 2.99. The van der Waals surface area contributed by atoms with E-state index in [-0.39, 0.29) is 12.4 Å². The predicted molar refractivity (Wildman–Crippen MR) is 86.4 cm³/mol. The molecule has 21 heavy (non-hydrogen) atoms. The molecule has 2 N–H and O–H groups in total. The smallest absolute Gasteiger partial charge is 0.151 e. The van der Waals surface area contributed by atoms with Crippen LogP contribution in [0.4, 0.5) is 0 Å². The van der Waals surface area contributed by atoms with E-state index in [1.54, 1.807) is 0 Å². The van der Waals surface area contributed by atoms with Crippen molar-refractivity contribution in [2.24, 2.45) is 5.73 Å². The van der Waals surface area contributed by atoms with Crippen LogP contribution in [0, 0.1) is 6.92 Å². The third-order valence-electron chi connectivity index (χ3n) is 4.04. The first-order valence-corrected chi connectivity index (χ1v) is 7.23. The molecule has 1 atom stereocenters. The SMILES string of the molecule is Cc1ccc(-c2cc(CN3CCCC3CN)on2)cc1.Cl. The number of hydrogen-bond acceptors (Lipinski definition) is 4. The van der Waals surface area contributed by atoms with Crippen molar-refractivity contribution in [3.8, 4) is 11.3 Å². The highest BCUT2D eigenvalue weighted by Gasteiger charge is 2.24. The highest BCUT2D eigenvalue weighted by atomic mass is 35.5. The van der Waals surface area contributed by atoms with Gasteiger partial charge in [0.25, 0.3) is 0 Å². The first-order chi connectivity index (χ1) is 9.76. The Bertz CT molecular complexity index is 567. The second-order valence-corrected chi connectivity index (χ2v) is 5.55. The summed E-state index contributed by atoms with van der Waals surface area (Å²) in [4.78, 5) is 2.39. The molecule has 1 aromatic carbocycles. The second-order valence-electron chi connectivity index (χ2n) is 5.55. The minimum atomic E-state index is 0. The largest absolute Gasteiger partial charge is 0.359 e. The normalized spacial score (nSPS) is 18.7. The monoisotopic (exact) mass is 307 g/mol. The quantitative estimate of drug-likeness (QED) is 0.943. The van der Waals surface area contributed by atoms with E-state index in [0.717, 1.165) is 36.7 Å². The molecule has 0 radical (unpaired) electrons. The Morgan fingerprint density at radius 3 is 2.81 bits per heavy atom. The van der Waals surface area contributed by atoms with Crippen LogP contribution in [-0.4, -0.2) is 29.2 Å². The summed E-state index contributed by atoms with van der Waals surface area (Å²) in [5.74, 6) is 0.918. The minimum absolute atomic E-state index is 0. The van der Waals surface area contributed by atoms with Crippen LogP contribution in [0.5, 0.6) is 0 Å².